The molecule has 1 amide bonds. The molecular formula is C19H26N2O3. The van der Waals surface area contributed by atoms with Crippen LogP contribution in [0.5, 0.6) is 0 Å². The van der Waals surface area contributed by atoms with Crippen molar-refractivity contribution in [3.8, 4) is 0 Å². The van der Waals surface area contributed by atoms with E-state index in [1.54, 1.807) is 6.07 Å². The monoisotopic (exact) mass is 330 g/mol. The van der Waals surface area contributed by atoms with Crippen molar-refractivity contribution in [3.05, 3.63) is 45.3 Å². The van der Waals surface area contributed by atoms with Crippen LogP contribution in [0.3, 0.4) is 0 Å². The lowest BCUT2D eigenvalue weighted by Crippen LogP contribution is -2.30. The lowest BCUT2D eigenvalue weighted by atomic mass is 10.1. The van der Waals surface area contributed by atoms with E-state index in [4.69, 9.17) is 4.42 Å². The highest BCUT2D eigenvalue weighted by molar-refractivity contribution is 5.93. The minimum absolute atomic E-state index is 0.0716. The van der Waals surface area contributed by atoms with Gasteiger partial charge in [0.25, 0.3) is 5.91 Å². The van der Waals surface area contributed by atoms with Gasteiger partial charge in [0.1, 0.15) is 5.58 Å². The summed E-state index contributed by atoms with van der Waals surface area (Å²) in [6.45, 7) is 11.6. The van der Waals surface area contributed by atoms with E-state index in [0.717, 1.165) is 37.2 Å². The molecule has 5 nitrogen and oxygen atoms in total. The van der Waals surface area contributed by atoms with E-state index in [0.29, 0.717) is 17.5 Å². The highest BCUT2D eigenvalue weighted by Crippen LogP contribution is 2.19. The molecule has 0 aliphatic carbocycles. The number of hydrogen-bond acceptors (Lipinski definition) is 4. The number of rotatable bonds is 7. The molecular weight excluding hydrogens is 304 g/mol. The molecule has 1 aromatic carbocycles. The summed E-state index contributed by atoms with van der Waals surface area (Å²) in [5, 5.41) is 3.35. The van der Waals surface area contributed by atoms with Gasteiger partial charge in [-0.2, -0.15) is 0 Å². The molecule has 0 bridgehead atoms. The van der Waals surface area contributed by atoms with Crippen LogP contribution in [0.1, 0.15) is 41.9 Å². The summed E-state index contributed by atoms with van der Waals surface area (Å²) in [7, 11) is 0. The Morgan fingerprint density at radius 3 is 2.54 bits per heavy atom. The molecule has 1 heterocycles. The minimum atomic E-state index is -0.339. The van der Waals surface area contributed by atoms with Crippen molar-refractivity contribution in [2.75, 3.05) is 26.2 Å². The van der Waals surface area contributed by atoms with Crippen molar-refractivity contribution in [1.82, 2.24) is 10.2 Å². The zero-order valence-corrected chi connectivity index (χ0v) is 14.9. The fourth-order valence-electron chi connectivity index (χ4n) is 2.85. The molecule has 0 saturated carbocycles. The molecule has 0 aliphatic heterocycles. The van der Waals surface area contributed by atoms with Gasteiger partial charge >= 0.3 is 0 Å². The third-order valence-electron chi connectivity index (χ3n) is 4.21. The maximum atomic E-state index is 12.3. The number of carbonyl (C=O) groups excluding carboxylic acids is 1. The molecule has 0 aliphatic rings. The molecule has 0 atom stereocenters. The predicted octanol–water partition coefficient (Wildman–Crippen LogP) is 2.87. The van der Waals surface area contributed by atoms with E-state index in [1.165, 1.54) is 6.07 Å². The van der Waals surface area contributed by atoms with Crippen molar-refractivity contribution >= 4 is 16.9 Å². The number of carbonyl (C=O) groups is 1. The van der Waals surface area contributed by atoms with Crippen LogP contribution in [-0.4, -0.2) is 37.0 Å². The normalized spacial score (nSPS) is 11.2. The number of nitrogens with zero attached hydrogens (tertiary/aromatic N) is 1. The lowest BCUT2D eigenvalue weighted by Gasteiger charge is -2.17. The summed E-state index contributed by atoms with van der Waals surface area (Å²) in [6, 6.07) is 5.01. The van der Waals surface area contributed by atoms with Crippen molar-refractivity contribution in [2.45, 2.75) is 34.1 Å². The average Bonchev–Trinajstić information content (AvgIpc) is 2.55. The molecule has 0 unspecified atom stereocenters. The summed E-state index contributed by atoms with van der Waals surface area (Å²) in [6.07, 6.45) is 0.865. The summed E-state index contributed by atoms with van der Waals surface area (Å²) < 4.78 is 5.69. The molecule has 0 radical (unpaired) electrons. The van der Waals surface area contributed by atoms with Gasteiger partial charge < -0.3 is 14.6 Å². The van der Waals surface area contributed by atoms with E-state index in [9.17, 15) is 9.59 Å². The number of amides is 1. The summed E-state index contributed by atoms with van der Waals surface area (Å²) >= 11 is 0. The zero-order valence-electron chi connectivity index (χ0n) is 14.9. The van der Waals surface area contributed by atoms with Gasteiger partial charge in [0.2, 0.25) is 0 Å². The Morgan fingerprint density at radius 1 is 1.17 bits per heavy atom. The second kappa shape index (κ2) is 8.11. The Labute approximate surface area is 142 Å². The van der Waals surface area contributed by atoms with Gasteiger partial charge in [-0.05, 0) is 57.1 Å². The number of benzene rings is 1. The molecule has 1 aromatic heterocycles. The molecule has 24 heavy (non-hydrogen) atoms. The first kappa shape index (κ1) is 18.2. The zero-order chi connectivity index (χ0) is 17.7. The fraction of sp³-hybridized carbons (Fsp3) is 0.474. The Bertz CT molecular complexity index is 776. The Morgan fingerprint density at radius 2 is 1.88 bits per heavy atom. The van der Waals surface area contributed by atoms with Crippen LogP contribution in [0.25, 0.3) is 11.0 Å². The van der Waals surface area contributed by atoms with E-state index in [2.05, 4.69) is 24.1 Å². The molecule has 5 heteroatoms. The number of aryl methyl sites for hydroxylation is 2. The maximum absolute atomic E-state index is 12.3. The van der Waals surface area contributed by atoms with Crippen LogP contribution in [0, 0.1) is 13.8 Å². The third-order valence-corrected chi connectivity index (χ3v) is 4.21. The van der Waals surface area contributed by atoms with Gasteiger partial charge in [-0.15, -0.1) is 0 Å². The predicted molar refractivity (Wildman–Crippen MR) is 96.7 cm³/mol. The van der Waals surface area contributed by atoms with Crippen LogP contribution >= 0.6 is 0 Å². The summed E-state index contributed by atoms with van der Waals surface area (Å²) in [5.74, 6) is -0.268. The van der Waals surface area contributed by atoms with Gasteiger partial charge in [-0.1, -0.05) is 19.9 Å². The lowest BCUT2D eigenvalue weighted by molar-refractivity contribution is 0.0924. The summed E-state index contributed by atoms with van der Waals surface area (Å²) in [4.78, 5) is 26.8. The van der Waals surface area contributed by atoms with Gasteiger partial charge in [0.05, 0.1) is 5.39 Å². The van der Waals surface area contributed by atoms with E-state index >= 15 is 0 Å². The first-order valence-corrected chi connectivity index (χ1v) is 8.51. The Hall–Kier alpha value is -2.14. The third kappa shape index (κ3) is 4.23. The van der Waals surface area contributed by atoms with E-state index in [-0.39, 0.29) is 17.1 Å². The van der Waals surface area contributed by atoms with E-state index < -0.39 is 0 Å². The topological polar surface area (TPSA) is 62.6 Å². The van der Waals surface area contributed by atoms with Crippen molar-refractivity contribution in [2.24, 2.45) is 0 Å². The van der Waals surface area contributed by atoms with Crippen molar-refractivity contribution in [3.63, 3.8) is 0 Å². The fourth-order valence-corrected chi connectivity index (χ4v) is 2.85. The SMILES string of the molecule is CCN(CC)CCCNC(=O)c1cc(=O)c2cc(C)cc(C)c2o1. The van der Waals surface area contributed by atoms with Crippen LogP contribution in [0.4, 0.5) is 0 Å². The molecule has 0 saturated heterocycles. The van der Waals surface area contributed by atoms with Gasteiger partial charge in [0, 0.05) is 12.6 Å². The molecule has 2 rings (SSSR count). The van der Waals surface area contributed by atoms with Crippen molar-refractivity contribution in [1.29, 1.82) is 0 Å². The Balaban J connectivity index is 2.09. The smallest absolute Gasteiger partial charge is 0.287 e. The first-order chi connectivity index (χ1) is 11.5. The highest BCUT2D eigenvalue weighted by atomic mass is 16.3. The minimum Gasteiger partial charge on any atom is -0.450 e. The second-order valence-corrected chi connectivity index (χ2v) is 6.07. The highest BCUT2D eigenvalue weighted by Gasteiger charge is 2.13. The second-order valence-electron chi connectivity index (χ2n) is 6.07. The van der Waals surface area contributed by atoms with Gasteiger partial charge in [-0.3, -0.25) is 9.59 Å². The van der Waals surface area contributed by atoms with Crippen molar-refractivity contribution < 1.29 is 9.21 Å². The maximum Gasteiger partial charge on any atom is 0.287 e. The van der Waals surface area contributed by atoms with E-state index in [1.807, 2.05) is 19.9 Å². The number of hydrogen-bond donors (Lipinski definition) is 1. The molecule has 2 aromatic rings. The Kier molecular flexibility index (Phi) is 6.15. The number of nitrogens with one attached hydrogen (secondary N) is 1. The standard InChI is InChI=1S/C19H26N2O3/c1-5-21(6-2)9-7-8-20-19(23)17-12-16(22)15-11-13(3)10-14(4)18(15)24-17/h10-12H,5-9H2,1-4H3,(H,20,23). The molecule has 1 N–H and O–H groups in total. The first-order valence-electron chi connectivity index (χ1n) is 8.51. The molecule has 0 fully saturated rings. The average molecular weight is 330 g/mol. The largest absolute Gasteiger partial charge is 0.450 e. The van der Waals surface area contributed by atoms with Crippen LogP contribution in [0.2, 0.25) is 0 Å². The quantitative estimate of drug-likeness (QED) is 0.793. The van der Waals surface area contributed by atoms with Crippen LogP contribution in [0.15, 0.2) is 27.4 Å². The van der Waals surface area contributed by atoms with Crippen LogP contribution < -0.4 is 10.7 Å². The van der Waals surface area contributed by atoms with Gasteiger partial charge in [-0.25, -0.2) is 0 Å². The summed E-state index contributed by atoms with van der Waals surface area (Å²) in [5.41, 5.74) is 2.16. The van der Waals surface area contributed by atoms with Crippen LogP contribution in [-0.2, 0) is 0 Å². The van der Waals surface area contributed by atoms with Gasteiger partial charge in [0.15, 0.2) is 11.2 Å². The molecule has 130 valence electrons. The number of fused-ring (bicyclic) bond motifs is 1. The molecule has 0 spiro atoms.